The Kier molecular flexibility index (Phi) is 6.61. The maximum absolute atomic E-state index is 12.4. The lowest BCUT2D eigenvalue weighted by Crippen LogP contribution is -2.38. The summed E-state index contributed by atoms with van der Waals surface area (Å²) in [4.78, 5) is 14.8. The van der Waals surface area contributed by atoms with Crippen LogP contribution in [0.2, 0.25) is 10.0 Å². The second kappa shape index (κ2) is 10.0. The Labute approximate surface area is 243 Å². The molecule has 2 aromatic carbocycles. The summed E-state index contributed by atoms with van der Waals surface area (Å²) in [5, 5.41) is 5.35. The highest BCUT2D eigenvalue weighted by Crippen LogP contribution is 2.45. The van der Waals surface area contributed by atoms with Crippen molar-refractivity contribution in [3.63, 3.8) is 0 Å². The summed E-state index contributed by atoms with van der Waals surface area (Å²) in [7, 11) is -3.56. The number of anilines is 1. The van der Waals surface area contributed by atoms with Crippen molar-refractivity contribution in [2.24, 2.45) is 5.92 Å². The predicted molar refractivity (Wildman–Crippen MR) is 154 cm³/mol. The molecule has 1 saturated heterocycles. The first-order valence-electron chi connectivity index (χ1n) is 13.8. The molecule has 1 aliphatic heterocycles. The van der Waals surface area contributed by atoms with Gasteiger partial charge in [-0.15, -0.1) is 0 Å². The van der Waals surface area contributed by atoms with Crippen molar-refractivity contribution in [1.29, 1.82) is 0 Å². The Morgan fingerprint density at radius 3 is 2.38 bits per heavy atom. The summed E-state index contributed by atoms with van der Waals surface area (Å²) in [6, 6.07) is 13.1. The number of piperidine rings is 1. The van der Waals surface area contributed by atoms with Crippen LogP contribution in [0.25, 0.3) is 5.69 Å². The van der Waals surface area contributed by atoms with E-state index < -0.39 is 21.2 Å². The van der Waals surface area contributed by atoms with Crippen molar-refractivity contribution in [2.75, 3.05) is 11.4 Å². The molecule has 0 spiro atoms. The fourth-order valence-electron chi connectivity index (χ4n) is 6.22. The van der Waals surface area contributed by atoms with Crippen molar-refractivity contribution < 1.29 is 17.9 Å². The van der Waals surface area contributed by atoms with E-state index in [-0.39, 0.29) is 6.10 Å². The molecule has 1 amide bonds. The summed E-state index contributed by atoms with van der Waals surface area (Å²) in [6.07, 6.45) is 7.61. The fraction of sp³-hybridized carbons (Fsp3) is 0.448. The van der Waals surface area contributed by atoms with Crippen molar-refractivity contribution in [2.45, 2.75) is 68.4 Å². The molecule has 1 N–H and O–H groups in total. The number of ether oxygens (including phenoxy) is 1. The number of aromatic nitrogens is 2. The van der Waals surface area contributed by atoms with E-state index >= 15 is 0 Å². The number of carbonyl (C=O) groups is 1. The second-order valence-corrected chi connectivity index (χ2v) is 14.2. The molecule has 1 aromatic heterocycles. The molecule has 0 radical (unpaired) electrons. The smallest absolute Gasteiger partial charge is 0.264 e. The standard InChI is InChI=1S/C29H30Cl2N4O4S/c30-24-2-1-3-25(31)28(24)35-26(23(14-32-35)17-4-5-17)16-39-27-13-21-12-19(27)15-34(21)20-8-6-18(7-9-20)29(36)33-40(37,38)22-10-11-22/h1-3,6-9,14,17,19,21-22,27H,4-5,10-13,15-16H2,(H,33,36)/t19-,21-,27+/m0/s1. The lowest BCUT2D eigenvalue weighted by molar-refractivity contribution is 0.00993. The van der Waals surface area contributed by atoms with Gasteiger partial charge in [0.1, 0.15) is 5.69 Å². The maximum Gasteiger partial charge on any atom is 0.264 e. The third kappa shape index (κ3) is 4.91. The number of fused-ring (bicyclic) bond motifs is 2. The summed E-state index contributed by atoms with van der Waals surface area (Å²) in [5.41, 5.74) is 4.32. The maximum atomic E-state index is 12.4. The van der Waals surface area contributed by atoms with Gasteiger partial charge in [0.25, 0.3) is 5.91 Å². The number of nitrogens with one attached hydrogen (secondary N) is 1. The molecule has 3 saturated carbocycles. The van der Waals surface area contributed by atoms with Crippen LogP contribution in [0, 0.1) is 5.92 Å². The fourth-order valence-corrected chi connectivity index (χ4v) is 8.07. The first-order valence-corrected chi connectivity index (χ1v) is 16.1. The van der Waals surface area contributed by atoms with Crippen molar-refractivity contribution in [3.05, 3.63) is 75.5 Å². The SMILES string of the molecule is O=C(NS(=O)(=O)C1CC1)c1ccc(N2C[C@@H]3C[C@H]2C[C@H]3OCc2c(C3CC3)cnn2-c2c(Cl)cccc2Cl)cc1. The second-order valence-electron chi connectivity index (χ2n) is 11.4. The molecule has 8 nitrogen and oxygen atoms in total. The molecular weight excluding hydrogens is 571 g/mol. The van der Waals surface area contributed by atoms with Gasteiger partial charge in [0, 0.05) is 29.8 Å². The van der Waals surface area contributed by atoms with Crippen LogP contribution in [-0.4, -0.2) is 48.0 Å². The summed E-state index contributed by atoms with van der Waals surface area (Å²) in [5.74, 6) is 0.349. The van der Waals surface area contributed by atoms with E-state index in [0.29, 0.717) is 58.6 Å². The number of halogens is 2. The highest BCUT2D eigenvalue weighted by Gasteiger charge is 2.45. The molecule has 3 aliphatic carbocycles. The minimum Gasteiger partial charge on any atom is -0.371 e. The quantitative estimate of drug-likeness (QED) is 0.350. The van der Waals surface area contributed by atoms with Crippen molar-refractivity contribution >= 4 is 44.8 Å². The summed E-state index contributed by atoms with van der Waals surface area (Å²) < 4.78 is 34.8. The Balaban J connectivity index is 1.01. The normalized spacial score (nSPS) is 24.1. The predicted octanol–water partition coefficient (Wildman–Crippen LogP) is 5.46. The average molecular weight is 602 g/mol. The van der Waals surface area contributed by atoms with Gasteiger partial charge in [0.2, 0.25) is 10.0 Å². The van der Waals surface area contributed by atoms with Gasteiger partial charge in [0.05, 0.1) is 39.9 Å². The van der Waals surface area contributed by atoms with Crippen LogP contribution < -0.4 is 9.62 Å². The number of nitrogens with zero attached hydrogens (tertiary/aromatic N) is 3. The van der Waals surface area contributed by atoms with Crippen LogP contribution >= 0.6 is 23.2 Å². The van der Waals surface area contributed by atoms with Crippen LogP contribution in [0.4, 0.5) is 5.69 Å². The molecule has 11 heteroatoms. The van der Waals surface area contributed by atoms with Crippen molar-refractivity contribution in [3.8, 4) is 5.69 Å². The van der Waals surface area contributed by atoms with E-state index in [2.05, 4.69) is 14.7 Å². The van der Waals surface area contributed by atoms with Gasteiger partial charge in [-0.25, -0.2) is 17.8 Å². The Hall–Kier alpha value is -2.59. The Morgan fingerprint density at radius 2 is 1.75 bits per heavy atom. The van der Waals surface area contributed by atoms with Gasteiger partial charge >= 0.3 is 0 Å². The van der Waals surface area contributed by atoms with Gasteiger partial charge in [0.15, 0.2) is 0 Å². The number of benzene rings is 2. The number of sulfonamides is 1. The van der Waals surface area contributed by atoms with E-state index in [0.717, 1.165) is 43.6 Å². The lowest BCUT2D eigenvalue weighted by atomic mass is 10.0. The zero-order valence-corrected chi connectivity index (χ0v) is 24.1. The average Bonchev–Trinajstić information content (AvgIpc) is 3.86. The Bertz CT molecular complexity index is 1550. The number of rotatable bonds is 9. The zero-order chi connectivity index (χ0) is 27.6. The highest BCUT2D eigenvalue weighted by molar-refractivity contribution is 7.91. The summed E-state index contributed by atoms with van der Waals surface area (Å²) in [6.45, 7) is 1.33. The number of hydrogen-bond acceptors (Lipinski definition) is 6. The molecule has 4 aliphatic rings. The van der Waals surface area contributed by atoms with E-state index in [1.54, 1.807) is 12.1 Å². The number of para-hydroxylation sites is 1. The molecule has 2 bridgehead atoms. The van der Waals surface area contributed by atoms with E-state index in [4.69, 9.17) is 27.9 Å². The van der Waals surface area contributed by atoms with Crippen LogP contribution in [0.15, 0.2) is 48.7 Å². The molecule has 2 heterocycles. The molecule has 0 unspecified atom stereocenters. The monoisotopic (exact) mass is 600 g/mol. The highest BCUT2D eigenvalue weighted by atomic mass is 35.5. The first-order chi connectivity index (χ1) is 19.3. The van der Waals surface area contributed by atoms with E-state index in [1.165, 1.54) is 5.56 Å². The van der Waals surface area contributed by atoms with Crippen LogP contribution in [0.5, 0.6) is 0 Å². The minimum atomic E-state index is -3.56. The third-order valence-electron chi connectivity index (χ3n) is 8.64. The van der Waals surface area contributed by atoms with Crippen molar-refractivity contribution in [1.82, 2.24) is 14.5 Å². The van der Waals surface area contributed by atoms with E-state index in [1.807, 2.05) is 41.2 Å². The molecule has 3 atom stereocenters. The van der Waals surface area contributed by atoms with Crippen LogP contribution in [-0.2, 0) is 21.4 Å². The number of amides is 1. The molecule has 7 rings (SSSR count). The van der Waals surface area contributed by atoms with Gasteiger partial charge in [-0.05, 0) is 86.4 Å². The third-order valence-corrected chi connectivity index (χ3v) is 11.1. The van der Waals surface area contributed by atoms with Gasteiger partial charge < -0.3 is 9.64 Å². The van der Waals surface area contributed by atoms with E-state index in [9.17, 15) is 13.2 Å². The van der Waals surface area contributed by atoms with Gasteiger partial charge in [-0.1, -0.05) is 29.3 Å². The molecule has 40 heavy (non-hydrogen) atoms. The van der Waals surface area contributed by atoms with Gasteiger partial charge in [-0.3, -0.25) is 4.79 Å². The number of hydrogen-bond donors (Lipinski definition) is 1. The van der Waals surface area contributed by atoms with Gasteiger partial charge in [-0.2, -0.15) is 5.10 Å². The zero-order valence-electron chi connectivity index (χ0n) is 21.8. The largest absolute Gasteiger partial charge is 0.371 e. The Morgan fingerprint density at radius 1 is 1.02 bits per heavy atom. The van der Waals surface area contributed by atoms with Crippen LogP contribution in [0.3, 0.4) is 0 Å². The topological polar surface area (TPSA) is 93.5 Å². The van der Waals surface area contributed by atoms with Crippen LogP contribution in [0.1, 0.15) is 66.1 Å². The first kappa shape index (κ1) is 26.3. The molecule has 3 aromatic rings. The minimum absolute atomic E-state index is 0.149. The number of carbonyl (C=O) groups excluding carboxylic acids is 1. The molecule has 4 fully saturated rings. The lowest BCUT2D eigenvalue weighted by Gasteiger charge is -2.33. The molecule has 210 valence electrons. The summed E-state index contributed by atoms with van der Waals surface area (Å²) >= 11 is 13.0. The molecular formula is C29H30Cl2N4O4S.